The second kappa shape index (κ2) is 18.7. The van der Waals surface area contributed by atoms with Crippen molar-refractivity contribution in [2.45, 2.75) is 82.8 Å². The molecule has 3 N–H and O–H groups in total. The largest absolute Gasteiger partial charge is 0.507 e. The van der Waals surface area contributed by atoms with E-state index in [4.69, 9.17) is 18.9 Å². The number of phenolic OH excluding ortho intramolecular Hbond substituents is 2. The van der Waals surface area contributed by atoms with Gasteiger partial charge in [-0.05, 0) is 80.3 Å². The number of sulfonamides is 1. The predicted octanol–water partition coefficient (Wildman–Crippen LogP) is 4.85. The third-order valence-corrected chi connectivity index (χ3v) is 13.2. The summed E-state index contributed by atoms with van der Waals surface area (Å²) in [5.41, 5.74) is 0.882. The van der Waals surface area contributed by atoms with Crippen LogP contribution in [0.1, 0.15) is 103 Å². The summed E-state index contributed by atoms with van der Waals surface area (Å²) in [5, 5.41) is 26.4. The lowest BCUT2D eigenvalue weighted by molar-refractivity contribution is -0.121. The number of hydrogen-bond acceptors (Lipinski definition) is 12. The molecule has 15 nitrogen and oxygen atoms in total. The van der Waals surface area contributed by atoms with Gasteiger partial charge < -0.3 is 39.0 Å². The number of methoxy groups -OCH3 is 3. The molecule has 2 bridgehead atoms. The van der Waals surface area contributed by atoms with Gasteiger partial charge in [0.05, 0.1) is 33.2 Å². The van der Waals surface area contributed by atoms with Crippen molar-refractivity contribution in [1.82, 2.24) is 14.2 Å². The third kappa shape index (κ3) is 9.76. The molecular weight excluding hydrogens is 783 g/mol. The second-order valence-electron chi connectivity index (χ2n) is 15.5. The van der Waals surface area contributed by atoms with Gasteiger partial charge in [-0.3, -0.25) is 14.4 Å². The van der Waals surface area contributed by atoms with E-state index in [1.165, 1.54) is 37.8 Å². The van der Waals surface area contributed by atoms with Gasteiger partial charge in [0.2, 0.25) is 21.7 Å². The summed E-state index contributed by atoms with van der Waals surface area (Å²) >= 11 is 0. The van der Waals surface area contributed by atoms with E-state index in [2.05, 4.69) is 5.32 Å². The molecule has 16 heteroatoms. The number of Topliss-reactive ketones (excluding diaryl/α,β-unsaturated/α-hetero) is 1. The van der Waals surface area contributed by atoms with Crippen molar-refractivity contribution in [1.29, 1.82) is 0 Å². The topological polar surface area (TPSA) is 200 Å². The number of esters is 1. The van der Waals surface area contributed by atoms with E-state index in [0.717, 1.165) is 12.1 Å². The van der Waals surface area contributed by atoms with Gasteiger partial charge in [0, 0.05) is 74.6 Å². The number of phenols is 2. The van der Waals surface area contributed by atoms with E-state index in [1.807, 2.05) is 6.07 Å². The molecule has 0 aliphatic carbocycles. The van der Waals surface area contributed by atoms with Crippen LogP contribution in [0.15, 0.2) is 47.3 Å². The monoisotopic (exact) mass is 835 g/mol. The van der Waals surface area contributed by atoms with Gasteiger partial charge in [-0.2, -0.15) is 0 Å². The molecule has 59 heavy (non-hydrogen) atoms. The summed E-state index contributed by atoms with van der Waals surface area (Å²) in [6.07, 6.45) is 5.94. The second-order valence-corrected chi connectivity index (χ2v) is 17.5. The van der Waals surface area contributed by atoms with Gasteiger partial charge in [0.15, 0.2) is 11.5 Å². The van der Waals surface area contributed by atoms with Gasteiger partial charge in [0.25, 0.3) is 5.56 Å². The average molecular weight is 836 g/mol. The lowest BCUT2D eigenvalue weighted by Gasteiger charge is -2.42. The minimum atomic E-state index is -3.82. The molecule has 3 aliphatic heterocycles. The highest BCUT2D eigenvalue weighted by Crippen LogP contribution is 2.48. The van der Waals surface area contributed by atoms with Crippen molar-refractivity contribution in [2.75, 3.05) is 46.7 Å². The predicted molar refractivity (Wildman–Crippen MR) is 219 cm³/mol. The molecule has 4 heterocycles. The molecule has 1 saturated heterocycles. The molecule has 2 aromatic carbocycles. The summed E-state index contributed by atoms with van der Waals surface area (Å²) in [6.45, 7) is 2.40. The minimum absolute atomic E-state index is 0.0194. The molecule has 0 radical (unpaired) electrons. The maximum atomic E-state index is 13.9. The Morgan fingerprint density at radius 1 is 0.983 bits per heavy atom. The first-order valence-corrected chi connectivity index (χ1v) is 21.6. The van der Waals surface area contributed by atoms with Gasteiger partial charge in [0.1, 0.15) is 22.8 Å². The van der Waals surface area contributed by atoms with E-state index >= 15 is 0 Å². The number of hydrogen-bond donors (Lipinski definition) is 3. The molecule has 3 aromatic rings. The SMILES string of the molecule is COc1cc(C(CC(=O)NCCS(=O)(=O)N2CC3CC(C2)c2cccc(=O)n2C3)c2c(O)cc3c(c2O)C(=O)O[C@@H](C)CCCC(=O)CCCC=C3)cc(OC)c1OC. The smallest absolute Gasteiger partial charge is 0.342 e. The van der Waals surface area contributed by atoms with Gasteiger partial charge in [-0.15, -0.1) is 0 Å². The number of amides is 1. The normalized spacial score (nSPS) is 20.6. The Hall–Kier alpha value is -5.35. The highest BCUT2D eigenvalue weighted by molar-refractivity contribution is 7.89. The lowest BCUT2D eigenvalue weighted by Crippen LogP contribution is -2.50. The zero-order valence-electron chi connectivity index (χ0n) is 33.9. The van der Waals surface area contributed by atoms with Gasteiger partial charge >= 0.3 is 5.97 Å². The Bertz CT molecular complexity index is 2240. The van der Waals surface area contributed by atoms with Crippen LogP contribution in [0.5, 0.6) is 28.7 Å². The molecule has 1 amide bonds. The molecule has 3 aliphatic rings. The Kier molecular flexibility index (Phi) is 13.7. The fourth-order valence-electron chi connectivity index (χ4n) is 8.49. The van der Waals surface area contributed by atoms with Crippen LogP contribution in [0.2, 0.25) is 0 Å². The molecule has 3 unspecified atom stereocenters. The van der Waals surface area contributed by atoms with Crippen LogP contribution in [-0.2, 0) is 30.9 Å². The van der Waals surface area contributed by atoms with E-state index in [9.17, 15) is 37.8 Å². The number of nitrogens with one attached hydrogen (secondary N) is 1. The van der Waals surface area contributed by atoms with Crippen molar-refractivity contribution < 1.29 is 52.0 Å². The number of ether oxygens (including phenoxy) is 4. The number of ketones is 1. The Morgan fingerprint density at radius 2 is 1.71 bits per heavy atom. The number of pyridine rings is 1. The van der Waals surface area contributed by atoms with E-state index in [1.54, 1.807) is 41.8 Å². The number of rotatable bonds is 11. The number of carbonyl (C=O) groups excluding carboxylic acids is 3. The van der Waals surface area contributed by atoms with Crippen LogP contribution in [0.4, 0.5) is 0 Å². The minimum Gasteiger partial charge on any atom is -0.507 e. The summed E-state index contributed by atoms with van der Waals surface area (Å²) in [4.78, 5) is 52.4. The average Bonchev–Trinajstić information content (AvgIpc) is 3.19. The zero-order valence-corrected chi connectivity index (χ0v) is 34.7. The lowest BCUT2D eigenvalue weighted by atomic mass is 9.84. The van der Waals surface area contributed by atoms with Crippen LogP contribution >= 0.6 is 0 Å². The maximum Gasteiger partial charge on any atom is 0.342 e. The summed E-state index contributed by atoms with van der Waals surface area (Å²) < 4.78 is 52.9. The molecule has 318 valence electrons. The van der Waals surface area contributed by atoms with Crippen LogP contribution < -0.4 is 25.1 Å². The highest BCUT2D eigenvalue weighted by Gasteiger charge is 2.39. The molecule has 4 atom stereocenters. The van der Waals surface area contributed by atoms with E-state index in [0.29, 0.717) is 50.6 Å². The molecule has 6 rings (SSSR count). The van der Waals surface area contributed by atoms with E-state index in [-0.39, 0.29) is 82.5 Å². The number of piperidine rings is 1. The number of benzene rings is 2. The van der Waals surface area contributed by atoms with Crippen LogP contribution in [0, 0.1) is 5.92 Å². The fraction of sp³-hybridized carbons (Fsp3) is 0.488. The molecule has 0 saturated carbocycles. The maximum absolute atomic E-state index is 13.9. The molecular formula is C43H53N3O12S. The number of aromatic nitrogens is 1. The number of cyclic esters (lactones) is 1. The number of carbonyl (C=O) groups is 3. The van der Waals surface area contributed by atoms with Crippen molar-refractivity contribution in [3.63, 3.8) is 0 Å². The van der Waals surface area contributed by atoms with Crippen LogP contribution in [0.25, 0.3) is 6.08 Å². The van der Waals surface area contributed by atoms with Crippen molar-refractivity contribution in [3.05, 3.63) is 80.8 Å². The quantitative estimate of drug-likeness (QED) is 0.222. The first kappa shape index (κ1) is 43.2. The number of aromatic hydroxyl groups is 2. The van der Waals surface area contributed by atoms with Crippen LogP contribution in [-0.4, -0.2) is 98.0 Å². The number of allylic oxidation sites excluding steroid dienone is 1. The molecule has 1 fully saturated rings. The van der Waals surface area contributed by atoms with Gasteiger partial charge in [-0.25, -0.2) is 17.5 Å². The Morgan fingerprint density at radius 3 is 2.42 bits per heavy atom. The summed E-state index contributed by atoms with van der Waals surface area (Å²) in [5.74, 6) is -3.29. The van der Waals surface area contributed by atoms with Gasteiger partial charge in [-0.1, -0.05) is 18.2 Å². The first-order chi connectivity index (χ1) is 28.2. The summed E-state index contributed by atoms with van der Waals surface area (Å²) in [7, 11) is 0.438. The highest BCUT2D eigenvalue weighted by atomic mass is 32.2. The van der Waals surface area contributed by atoms with Crippen molar-refractivity contribution in [3.8, 4) is 28.7 Å². The Labute approximate surface area is 344 Å². The van der Waals surface area contributed by atoms with E-state index < -0.39 is 51.8 Å². The molecule has 1 aromatic heterocycles. The van der Waals surface area contributed by atoms with Crippen molar-refractivity contribution >= 4 is 33.8 Å². The fourth-order valence-corrected chi connectivity index (χ4v) is 9.96. The standard InChI is InChI=1S/C43H53N3O12S/c1-26-10-8-13-31(47)12-7-5-6-11-28-19-34(48)40(41(51)39(28)43(52)58-26)32(29-20-35(55-2)42(57-4)36(21-29)56-3)22-37(49)44-16-17-59(53,54)45-23-27-18-30(25-45)33-14-9-15-38(50)46(33)24-27/h6,9,11,14-15,19-21,26-27,30,32,48,51H,5,7-8,10,12-13,16-18,22-25H2,1-4H3,(H,44,49)/t26-,27?,30?,32?/m0/s1. The first-order valence-electron chi connectivity index (χ1n) is 20.0. The molecule has 0 spiro atoms. The number of nitrogens with zero attached hydrogens (tertiary/aromatic N) is 2. The van der Waals surface area contributed by atoms with Crippen LogP contribution in [0.3, 0.4) is 0 Å². The summed E-state index contributed by atoms with van der Waals surface area (Å²) in [6, 6.07) is 9.51. The van der Waals surface area contributed by atoms with Crippen molar-refractivity contribution in [2.24, 2.45) is 5.92 Å². The third-order valence-electron chi connectivity index (χ3n) is 11.4. The Balaban J connectivity index is 1.29. The number of fused-ring (bicyclic) bond motifs is 5. The zero-order chi connectivity index (χ0) is 42.4.